The SMILES string of the molecule is CCN1OCC(F)=C1c1ccc(CN=[N+]=[N-])cc1. The van der Waals surface area contributed by atoms with E-state index in [9.17, 15) is 4.39 Å². The number of hydrogen-bond acceptors (Lipinski definition) is 3. The lowest BCUT2D eigenvalue weighted by Gasteiger charge is -2.18. The highest BCUT2D eigenvalue weighted by molar-refractivity contribution is 5.66. The summed E-state index contributed by atoms with van der Waals surface area (Å²) in [4.78, 5) is 7.89. The largest absolute Gasteiger partial charge is 0.266 e. The van der Waals surface area contributed by atoms with Gasteiger partial charge in [-0.15, -0.1) is 0 Å². The molecule has 0 atom stereocenters. The van der Waals surface area contributed by atoms with Crippen molar-refractivity contribution in [3.63, 3.8) is 0 Å². The van der Waals surface area contributed by atoms with Crippen LogP contribution in [0.1, 0.15) is 18.1 Å². The molecule has 6 heteroatoms. The highest BCUT2D eigenvalue weighted by Gasteiger charge is 2.23. The first-order chi connectivity index (χ1) is 8.76. The summed E-state index contributed by atoms with van der Waals surface area (Å²) in [7, 11) is 0. The first-order valence-corrected chi connectivity index (χ1v) is 5.65. The van der Waals surface area contributed by atoms with Gasteiger partial charge >= 0.3 is 0 Å². The van der Waals surface area contributed by atoms with E-state index < -0.39 is 0 Å². The van der Waals surface area contributed by atoms with Gasteiger partial charge in [0.1, 0.15) is 12.3 Å². The van der Waals surface area contributed by atoms with Gasteiger partial charge in [0.05, 0.1) is 6.54 Å². The van der Waals surface area contributed by atoms with Crippen LogP contribution in [0, 0.1) is 0 Å². The van der Waals surface area contributed by atoms with Crippen molar-refractivity contribution < 1.29 is 9.23 Å². The third kappa shape index (κ3) is 2.45. The van der Waals surface area contributed by atoms with Gasteiger partial charge in [-0.2, -0.15) is 0 Å². The second kappa shape index (κ2) is 5.53. The third-order valence-electron chi connectivity index (χ3n) is 2.68. The normalized spacial score (nSPS) is 14.9. The van der Waals surface area contributed by atoms with Gasteiger partial charge in [0.2, 0.25) is 0 Å². The topological polar surface area (TPSA) is 61.2 Å². The van der Waals surface area contributed by atoms with Gasteiger partial charge in [0.15, 0.2) is 5.83 Å². The van der Waals surface area contributed by atoms with Crippen molar-refractivity contribution in [3.05, 3.63) is 51.7 Å². The Morgan fingerprint density at radius 2 is 2.17 bits per heavy atom. The Balaban J connectivity index is 2.23. The highest BCUT2D eigenvalue weighted by atomic mass is 19.1. The molecular formula is C12H13FN4O. The third-order valence-corrected chi connectivity index (χ3v) is 2.68. The van der Waals surface area contributed by atoms with Crippen molar-refractivity contribution in [2.75, 3.05) is 13.2 Å². The lowest BCUT2D eigenvalue weighted by molar-refractivity contribution is -0.0790. The molecule has 5 nitrogen and oxygen atoms in total. The van der Waals surface area contributed by atoms with Gasteiger partial charge < -0.3 is 0 Å². The summed E-state index contributed by atoms with van der Waals surface area (Å²) >= 11 is 0. The lowest BCUT2D eigenvalue weighted by atomic mass is 10.1. The molecule has 1 aliphatic heterocycles. The Labute approximate surface area is 104 Å². The molecule has 1 aromatic carbocycles. The summed E-state index contributed by atoms with van der Waals surface area (Å²) in [5.41, 5.74) is 10.4. The van der Waals surface area contributed by atoms with E-state index in [2.05, 4.69) is 10.0 Å². The van der Waals surface area contributed by atoms with Gasteiger partial charge in [0.25, 0.3) is 0 Å². The fourth-order valence-electron chi connectivity index (χ4n) is 1.83. The van der Waals surface area contributed by atoms with E-state index in [1.807, 2.05) is 19.1 Å². The van der Waals surface area contributed by atoms with E-state index in [1.165, 1.54) is 5.06 Å². The van der Waals surface area contributed by atoms with Crippen LogP contribution in [0.25, 0.3) is 16.1 Å². The summed E-state index contributed by atoms with van der Waals surface area (Å²) in [6, 6.07) is 7.23. The van der Waals surface area contributed by atoms with Crippen molar-refractivity contribution in [2.24, 2.45) is 5.11 Å². The molecular weight excluding hydrogens is 235 g/mol. The Hall–Kier alpha value is -2.04. The second-order valence-electron chi connectivity index (χ2n) is 3.81. The van der Waals surface area contributed by atoms with Crippen LogP contribution in [0.2, 0.25) is 0 Å². The molecule has 0 unspecified atom stereocenters. The van der Waals surface area contributed by atoms with E-state index >= 15 is 0 Å². The van der Waals surface area contributed by atoms with Gasteiger partial charge in [-0.1, -0.05) is 29.4 Å². The summed E-state index contributed by atoms with van der Waals surface area (Å²) in [6.07, 6.45) is 0. The average Bonchev–Trinajstić information content (AvgIpc) is 2.78. The summed E-state index contributed by atoms with van der Waals surface area (Å²) < 4.78 is 13.7. The lowest BCUT2D eigenvalue weighted by Crippen LogP contribution is -2.16. The molecule has 2 rings (SSSR count). The number of benzene rings is 1. The van der Waals surface area contributed by atoms with E-state index in [0.717, 1.165) is 11.1 Å². The quantitative estimate of drug-likeness (QED) is 0.465. The zero-order valence-corrected chi connectivity index (χ0v) is 10.0. The molecule has 0 amide bonds. The molecule has 1 heterocycles. The van der Waals surface area contributed by atoms with Crippen molar-refractivity contribution in [1.29, 1.82) is 0 Å². The number of azide groups is 1. The number of hydroxylamine groups is 2. The van der Waals surface area contributed by atoms with Crippen molar-refractivity contribution in [3.8, 4) is 0 Å². The van der Waals surface area contributed by atoms with Crippen LogP contribution in [0.3, 0.4) is 0 Å². The molecule has 0 N–H and O–H groups in total. The molecule has 0 spiro atoms. The molecule has 94 valence electrons. The minimum absolute atomic E-state index is 0.0103. The van der Waals surface area contributed by atoms with Crippen LogP contribution in [0.15, 0.2) is 35.2 Å². The molecule has 0 fully saturated rings. The van der Waals surface area contributed by atoms with Crippen LogP contribution in [-0.4, -0.2) is 18.2 Å². The van der Waals surface area contributed by atoms with Crippen molar-refractivity contribution in [1.82, 2.24) is 5.06 Å². The van der Waals surface area contributed by atoms with E-state index in [0.29, 0.717) is 18.8 Å². The maximum Gasteiger partial charge on any atom is 0.154 e. The maximum absolute atomic E-state index is 13.7. The van der Waals surface area contributed by atoms with Gasteiger partial charge in [-0.25, -0.2) is 4.39 Å². The number of halogens is 1. The van der Waals surface area contributed by atoms with E-state index in [-0.39, 0.29) is 12.4 Å². The molecule has 1 aromatic rings. The second-order valence-corrected chi connectivity index (χ2v) is 3.81. The fourth-order valence-corrected chi connectivity index (χ4v) is 1.83. The Bertz CT molecular complexity index is 505. The van der Waals surface area contributed by atoms with E-state index in [1.54, 1.807) is 12.1 Å². The molecule has 0 saturated carbocycles. The molecule has 0 aromatic heterocycles. The predicted molar refractivity (Wildman–Crippen MR) is 65.7 cm³/mol. The zero-order chi connectivity index (χ0) is 13.0. The molecule has 0 radical (unpaired) electrons. The summed E-state index contributed by atoms with van der Waals surface area (Å²) in [5, 5.41) is 5.01. The van der Waals surface area contributed by atoms with Crippen LogP contribution >= 0.6 is 0 Å². The Morgan fingerprint density at radius 1 is 1.44 bits per heavy atom. The first-order valence-electron chi connectivity index (χ1n) is 5.65. The summed E-state index contributed by atoms with van der Waals surface area (Å²) in [5.74, 6) is -0.264. The number of rotatable bonds is 4. The zero-order valence-electron chi connectivity index (χ0n) is 10.0. The number of hydrogen-bond donors (Lipinski definition) is 0. The molecule has 0 saturated heterocycles. The summed E-state index contributed by atoms with van der Waals surface area (Å²) in [6.45, 7) is 2.77. The van der Waals surface area contributed by atoms with Gasteiger partial charge in [-0.05, 0) is 18.0 Å². The Morgan fingerprint density at radius 3 is 2.78 bits per heavy atom. The predicted octanol–water partition coefficient (Wildman–Crippen LogP) is 3.40. The molecule has 0 bridgehead atoms. The number of nitrogens with zero attached hydrogens (tertiary/aromatic N) is 4. The van der Waals surface area contributed by atoms with Gasteiger partial charge in [0, 0.05) is 17.0 Å². The van der Waals surface area contributed by atoms with Crippen LogP contribution in [0.5, 0.6) is 0 Å². The average molecular weight is 248 g/mol. The minimum atomic E-state index is -0.264. The highest BCUT2D eigenvalue weighted by Crippen LogP contribution is 2.30. The molecule has 0 aliphatic carbocycles. The Kier molecular flexibility index (Phi) is 3.82. The van der Waals surface area contributed by atoms with E-state index in [4.69, 9.17) is 10.4 Å². The van der Waals surface area contributed by atoms with Crippen molar-refractivity contribution >= 4 is 5.70 Å². The van der Waals surface area contributed by atoms with Crippen molar-refractivity contribution in [2.45, 2.75) is 13.5 Å². The molecule has 1 aliphatic rings. The molecule has 18 heavy (non-hydrogen) atoms. The van der Waals surface area contributed by atoms with Crippen LogP contribution in [0.4, 0.5) is 4.39 Å². The van der Waals surface area contributed by atoms with Gasteiger partial charge in [-0.3, -0.25) is 9.90 Å². The monoisotopic (exact) mass is 248 g/mol. The smallest absolute Gasteiger partial charge is 0.154 e. The van der Waals surface area contributed by atoms with Crippen LogP contribution < -0.4 is 0 Å². The van der Waals surface area contributed by atoms with Crippen LogP contribution in [-0.2, 0) is 11.4 Å². The fraction of sp³-hybridized carbons (Fsp3) is 0.333. The first kappa shape index (κ1) is 12.4. The standard InChI is InChI=1S/C12H13FN4O/c1-2-17-12(11(13)8-18-17)10-5-3-9(4-6-10)7-15-16-14/h3-6H,2,7-8H2,1H3. The minimum Gasteiger partial charge on any atom is -0.266 e. The maximum atomic E-state index is 13.7.